The van der Waals surface area contributed by atoms with Gasteiger partial charge in [0.15, 0.2) is 5.65 Å². The van der Waals surface area contributed by atoms with E-state index in [-0.39, 0.29) is 24.3 Å². The van der Waals surface area contributed by atoms with E-state index in [1.165, 1.54) is 0 Å². The molecular formula is C29H25Cl2N5O3. The molecule has 0 atom stereocenters. The van der Waals surface area contributed by atoms with Crippen molar-refractivity contribution in [2.24, 2.45) is 5.73 Å². The van der Waals surface area contributed by atoms with Crippen LogP contribution in [0, 0.1) is 0 Å². The van der Waals surface area contributed by atoms with Gasteiger partial charge >= 0.3 is 5.69 Å². The fourth-order valence-electron chi connectivity index (χ4n) is 5.27. The van der Waals surface area contributed by atoms with Crippen molar-refractivity contribution in [1.29, 1.82) is 0 Å². The van der Waals surface area contributed by atoms with Gasteiger partial charge in [0.2, 0.25) is 5.88 Å². The minimum absolute atomic E-state index is 0.0236. The van der Waals surface area contributed by atoms with Crippen LogP contribution in [0.1, 0.15) is 47.6 Å². The Kier molecular flexibility index (Phi) is 6.85. The molecule has 3 aromatic heterocycles. The molecule has 0 bridgehead atoms. The molecule has 198 valence electrons. The second-order valence-corrected chi connectivity index (χ2v) is 10.6. The van der Waals surface area contributed by atoms with Gasteiger partial charge in [-0.25, -0.2) is 4.79 Å². The average molecular weight is 562 g/mol. The summed E-state index contributed by atoms with van der Waals surface area (Å²) in [7, 11) is 0. The predicted molar refractivity (Wildman–Crippen MR) is 152 cm³/mol. The molecule has 0 spiro atoms. The van der Waals surface area contributed by atoms with Crippen LogP contribution in [0.3, 0.4) is 0 Å². The van der Waals surface area contributed by atoms with Gasteiger partial charge < -0.3 is 10.5 Å². The van der Waals surface area contributed by atoms with Crippen LogP contribution >= 0.6 is 23.2 Å². The summed E-state index contributed by atoms with van der Waals surface area (Å²) in [6.07, 6.45) is 5.74. The van der Waals surface area contributed by atoms with Crippen molar-refractivity contribution in [2.45, 2.75) is 44.3 Å². The summed E-state index contributed by atoms with van der Waals surface area (Å²) in [6.45, 7) is 0.240. The molecule has 1 aliphatic rings. The summed E-state index contributed by atoms with van der Waals surface area (Å²) < 4.78 is 9.68. The number of nitrogens with zero attached hydrogens (tertiary/aromatic N) is 4. The molecule has 39 heavy (non-hydrogen) atoms. The number of imidazole rings is 1. The lowest BCUT2D eigenvalue weighted by molar-refractivity contribution is 0.112. The molecule has 0 radical (unpaired) electrons. The number of halogens is 2. The maximum Gasteiger partial charge on any atom is 0.330 e. The fraction of sp³-hybridized carbons (Fsp3) is 0.241. The van der Waals surface area contributed by atoms with Crippen molar-refractivity contribution in [1.82, 2.24) is 19.1 Å². The SMILES string of the molecule is NC1CCC(n2c(=O)n(Cc3ccc(Cl)c(Cl)c3)c3nc(Oc4ccc(C=O)cc4)c4cccnc4c32)CC1. The van der Waals surface area contributed by atoms with E-state index in [0.29, 0.717) is 49.3 Å². The van der Waals surface area contributed by atoms with Crippen LogP contribution in [0.5, 0.6) is 11.6 Å². The van der Waals surface area contributed by atoms with Crippen LogP contribution in [0.2, 0.25) is 10.0 Å². The van der Waals surface area contributed by atoms with Gasteiger partial charge in [0.05, 0.1) is 22.0 Å². The number of nitrogens with two attached hydrogens (primary N) is 1. The lowest BCUT2D eigenvalue weighted by Gasteiger charge is -2.27. The minimum atomic E-state index is -0.177. The molecule has 0 amide bonds. The molecule has 3 heterocycles. The maximum absolute atomic E-state index is 14.1. The summed E-state index contributed by atoms with van der Waals surface area (Å²) in [4.78, 5) is 34.8. The second kappa shape index (κ2) is 10.4. The predicted octanol–water partition coefficient (Wildman–Crippen LogP) is 6.15. The van der Waals surface area contributed by atoms with E-state index < -0.39 is 0 Å². The first kappa shape index (κ1) is 25.6. The van der Waals surface area contributed by atoms with Gasteiger partial charge in [-0.15, -0.1) is 0 Å². The van der Waals surface area contributed by atoms with Crippen LogP contribution < -0.4 is 16.2 Å². The Morgan fingerprint density at radius 3 is 2.51 bits per heavy atom. The summed E-state index contributed by atoms with van der Waals surface area (Å²) in [6, 6.07) is 15.9. The van der Waals surface area contributed by atoms with Crippen LogP contribution in [0.25, 0.3) is 22.1 Å². The zero-order valence-electron chi connectivity index (χ0n) is 20.9. The Labute approximate surface area is 233 Å². The van der Waals surface area contributed by atoms with Gasteiger partial charge in [-0.05, 0) is 79.8 Å². The maximum atomic E-state index is 14.1. The minimum Gasteiger partial charge on any atom is -0.438 e. The van der Waals surface area contributed by atoms with Crippen molar-refractivity contribution in [3.05, 3.63) is 92.5 Å². The first-order chi connectivity index (χ1) is 18.9. The molecule has 0 saturated heterocycles. The van der Waals surface area contributed by atoms with E-state index in [1.807, 2.05) is 22.8 Å². The molecule has 2 N–H and O–H groups in total. The largest absolute Gasteiger partial charge is 0.438 e. The van der Waals surface area contributed by atoms with Crippen LogP contribution in [0.15, 0.2) is 65.6 Å². The molecule has 1 saturated carbocycles. The number of ether oxygens (including phenoxy) is 1. The number of carbonyl (C=O) groups excluding carboxylic acids is 1. The number of hydrogen-bond acceptors (Lipinski definition) is 6. The Morgan fingerprint density at radius 1 is 1.03 bits per heavy atom. The molecule has 1 fully saturated rings. The van der Waals surface area contributed by atoms with E-state index in [0.717, 1.165) is 37.5 Å². The number of pyridine rings is 2. The van der Waals surface area contributed by atoms with E-state index in [4.69, 9.17) is 43.6 Å². The van der Waals surface area contributed by atoms with Gasteiger partial charge in [0, 0.05) is 23.8 Å². The zero-order chi connectivity index (χ0) is 27.1. The topological polar surface area (TPSA) is 105 Å². The van der Waals surface area contributed by atoms with Crippen LogP contribution in [0.4, 0.5) is 0 Å². The normalized spacial score (nSPS) is 17.5. The third-order valence-corrected chi connectivity index (χ3v) is 8.02. The molecule has 2 aromatic carbocycles. The van der Waals surface area contributed by atoms with Crippen LogP contribution in [-0.4, -0.2) is 31.4 Å². The zero-order valence-corrected chi connectivity index (χ0v) is 22.4. The summed E-state index contributed by atoms with van der Waals surface area (Å²) in [5.41, 5.74) is 9.12. The number of fused-ring (bicyclic) bond motifs is 3. The lowest BCUT2D eigenvalue weighted by atomic mass is 9.91. The third-order valence-electron chi connectivity index (χ3n) is 7.28. The van der Waals surface area contributed by atoms with Gasteiger partial charge in [-0.1, -0.05) is 29.3 Å². The number of rotatable bonds is 6. The van der Waals surface area contributed by atoms with Gasteiger partial charge in [-0.3, -0.25) is 18.9 Å². The molecule has 1 aliphatic carbocycles. The summed E-state index contributed by atoms with van der Waals surface area (Å²) >= 11 is 12.4. The van der Waals surface area contributed by atoms with E-state index in [9.17, 15) is 9.59 Å². The molecule has 6 rings (SSSR count). The monoisotopic (exact) mass is 561 g/mol. The average Bonchev–Trinajstić information content (AvgIpc) is 3.22. The quantitative estimate of drug-likeness (QED) is 0.249. The number of carbonyl (C=O) groups is 1. The third kappa shape index (κ3) is 4.80. The Morgan fingerprint density at radius 2 is 1.79 bits per heavy atom. The standard InChI is InChI=1S/C29H25Cl2N5O3/c30-23-12-5-18(14-24(23)31)15-35-27-26(36(29(35)38)20-8-6-19(32)7-9-20)25-22(2-1-13-33-25)28(34-27)39-21-10-3-17(16-37)4-11-21/h1-5,10-14,16,19-20H,6-9,15,32H2. The Hall–Kier alpha value is -3.72. The molecule has 10 heteroatoms. The van der Waals surface area contributed by atoms with Gasteiger partial charge in [0.1, 0.15) is 23.1 Å². The van der Waals surface area contributed by atoms with E-state index >= 15 is 0 Å². The van der Waals surface area contributed by atoms with E-state index in [2.05, 4.69) is 0 Å². The fourth-order valence-corrected chi connectivity index (χ4v) is 5.59. The number of aromatic nitrogens is 4. The molecule has 8 nitrogen and oxygen atoms in total. The van der Waals surface area contributed by atoms with Gasteiger partial charge in [0.25, 0.3) is 0 Å². The first-order valence-electron chi connectivity index (χ1n) is 12.7. The van der Waals surface area contributed by atoms with Crippen molar-refractivity contribution in [3.63, 3.8) is 0 Å². The molecule has 0 aliphatic heterocycles. The lowest BCUT2D eigenvalue weighted by Crippen LogP contribution is -2.33. The summed E-state index contributed by atoms with van der Waals surface area (Å²) in [5.74, 6) is 0.826. The Balaban J connectivity index is 1.57. The molecular weight excluding hydrogens is 537 g/mol. The highest BCUT2D eigenvalue weighted by Crippen LogP contribution is 2.36. The van der Waals surface area contributed by atoms with Crippen LogP contribution in [-0.2, 0) is 6.54 Å². The van der Waals surface area contributed by atoms with Crippen molar-refractivity contribution >= 4 is 51.6 Å². The smallest absolute Gasteiger partial charge is 0.330 e. The highest BCUT2D eigenvalue weighted by atomic mass is 35.5. The highest BCUT2D eigenvalue weighted by Gasteiger charge is 2.28. The second-order valence-electron chi connectivity index (χ2n) is 9.83. The molecule has 0 unspecified atom stereocenters. The Bertz CT molecular complexity index is 1760. The highest BCUT2D eigenvalue weighted by molar-refractivity contribution is 6.42. The van der Waals surface area contributed by atoms with Gasteiger partial charge in [-0.2, -0.15) is 4.98 Å². The number of hydrogen-bond donors (Lipinski definition) is 1. The molecule has 5 aromatic rings. The van der Waals surface area contributed by atoms with Crippen molar-refractivity contribution in [2.75, 3.05) is 0 Å². The number of benzene rings is 2. The van der Waals surface area contributed by atoms with E-state index in [1.54, 1.807) is 47.2 Å². The van der Waals surface area contributed by atoms with Crippen molar-refractivity contribution in [3.8, 4) is 11.6 Å². The first-order valence-corrected chi connectivity index (χ1v) is 13.5. The number of aldehydes is 1. The summed E-state index contributed by atoms with van der Waals surface area (Å²) in [5, 5.41) is 1.53. The van der Waals surface area contributed by atoms with Crippen molar-refractivity contribution < 1.29 is 9.53 Å².